The van der Waals surface area contributed by atoms with Crippen molar-refractivity contribution in [2.75, 3.05) is 6.54 Å². The fourth-order valence-electron chi connectivity index (χ4n) is 2.00. The van der Waals surface area contributed by atoms with E-state index in [9.17, 15) is 5.11 Å². The minimum Gasteiger partial charge on any atom is -0.491 e. The summed E-state index contributed by atoms with van der Waals surface area (Å²) in [5.74, 6) is 0.822. The first-order chi connectivity index (χ1) is 10.1. The zero-order valence-electron chi connectivity index (χ0n) is 12.5. The summed E-state index contributed by atoms with van der Waals surface area (Å²) < 4.78 is 5.58. The highest BCUT2D eigenvalue weighted by Crippen LogP contribution is 2.18. The fraction of sp³-hybridized carbons (Fsp3) is 0.353. The normalized spacial score (nSPS) is 12.4. The Kier molecular flexibility index (Phi) is 5.72. The number of pyridine rings is 1. The number of aliphatic hydroxyl groups excluding tert-OH is 1. The van der Waals surface area contributed by atoms with Gasteiger partial charge in [0.05, 0.1) is 17.9 Å². The molecule has 0 radical (unpaired) electrons. The van der Waals surface area contributed by atoms with Gasteiger partial charge in [-0.2, -0.15) is 0 Å². The molecule has 4 heteroatoms. The molecule has 21 heavy (non-hydrogen) atoms. The lowest BCUT2D eigenvalue weighted by molar-refractivity contribution is 0.174. The number of benzene rings is 1. The Morgan fingerprint density at radius 1 is 1.14 bits per heavy atom. The minimum absolute atomic E-state index is 0.154. The summed E-state index contributed by atoms with van der Waals surface area (Å²) in [6.45, 7) is 5.11. The van der Waals surface area contributed by atoms with Crippen LogP contribution in [0.1, 0.15) is 31.2 Å². The number of aliphatic hydroxyl groups is 1. The van der Waals surface area contributed by atoms with Crippen molar-refractivity contribution in [3.05, 3.63) is 59.9 Å². The van der Waals surface area contributed by atoms with Crippen LogP contribution in [0.25, 0.3) is 0 Å². The van der Waals surface area contributed by atoms with Crippen LogP contribution in [0.3, 0.4) is 0 Å². The maximum absolute atomic E-state index is 10.1. The second kappa shape index (κ2) is 7.76. The molecule has 1 aromatic carbocycles. The largest absolute Gasteiger partial charge is 0.491 e. The molecule has 2 N–H and O–H groups in total. The van der Waals surface area contributed by atoms with Crippen molar-refractivity contribution in [2.45, 2.75) is 32.6 Å². The van der Waals surface area contributed by atoms with Gasteiger partial charge >= 0.3 is 0 Å². The number of ether oxygens (including phenoxy) is 1. The van der Waals surface area contributed by atoms with Gasteiger partial charge in [-0.3, -0.25) is 4.98 Å². The van der Waals surface area contributed by atoms with Crippen LogP contribution in [-0.4, -0.2) is 22.7 Å². The van der Waals surface area contributed by atoms with Crippen molar-refractivity contribution >= 4 is 0 Å². The van der Waals surface area contributed by atoms with Crippen molar-refractivity contribution in [2.24, 2.45) is 0 Å². The third-order valence-electron chi connectivity index (χ3n) is 3.01. The molecule has 0 fully saturated rings. The molecular formula is C17H22N2O2. The summed E-state index contributed by atoms with van der Waals surface area (Å²) in [6.07, 6.45) is 1.38. The number of hydrogen-bond acceptors (Lipinski definition) is 4. The first-order valence-corrected chi connectivity index (χ1v) is 7.20. The number of nitrogens with zero attached hydrogens (tertiary/aromatic N) is 1. The van der Waals surface area contributed by atoms with Crippen LogP contribution in [0.4, 0.5) is 0 Å². The Balaban J connectivity index is 1.81. The Labute approximate surface area is 125 Å². The molecule has 112 valence electrons. The molecule has 1 aromatic heterocycles. The molecule has 1 heterocycles. The molecule has 4 nitrogen and oxygen atoms in total. The van der Waals surface area contributed by atoms with Gasteiger partial charge in [-0.1, -0.05) is 18.2 Å². The topological polar surface area (TPSA) is 54.4 Å². The molecule has 2 rings (SSSR count). The molecule has 0 aliphatic rings. The predicted octanol–water partition coefficient (Wildman–Crippen LogP) is 2.69. The number of aromatic nitrogens is 1. The number of hydrogen-bond donors (Lipinski definition) is 2. The van der Waals surface area contributed by atoms with Crippen LogP contribution >= 0.6 is 0 Å². The highest BCUT2D eigenvalue weighted by Gasteiger charge is 2.07. The lowest BCUT2D eigenvalue weighted by Gasteiger charge is -2.14. The molecule has 0 bridgehead atoms. The van der Waals surface area contributed by atoms with Gasteiger partial charge in [0.25, 0.3) is 0 Å². The van der Waals surface area contributed by atoms with Gasteiger partial charge in [-0.15, -0.1) is 0 Å². The van der Waals surface area contributed by atoms with Crippen LogP contribution in [0.2, 0.25) is 0 Å². The van der Waals surface area contributed by atoms with Gasteiger partial charge in [0.1, 0.15) is 5.75 Å². The maximum atomic E-state index is 10.1. The van der Waals surface area contributed by atoms with Crippen LogP contribution in [0, 0.1) is 0 Å². The van der Waals surface area contributed by atoms with E-state index in [0.717, 1.165) is 17.0 Å². The lowest BCUT2D eigenvalue weighted by Crippen LogP contribution is -2.21. The average molecular weight is 286 g/mol. The van der Waals surface area contributed by atoms with E-state index < -0.39 is 6.10 Å². The van der Waals surface area contributed by atoms with Gasteiger partial charge in [0, 0.05) is 19.3 Å². The van der Waals surface area contributed by atoms with E-state index in [0.29, 0.717) is 13.1 Å². The average Bonchev–Trinajstić information content (AvgIpc) is 2.48. The lowest BCUT2D eigenvalue weighted by atomic mass is 10.1. The van der Waals surface area contributed by atoms with E-state index in [1.54, 1.807) is 6.20 Å². The molecular weight excluding hydrogens is 264 g/mol. The third-order valence-corrected chi connectivity index (χ3v) is 3.01. The second-order valence-corrected chi connectivity index (χ2v) is 5.20. The second-order valence-electron chi connectivity index (χ2n) is 5.20. The quantitative estimate of drug-likeness (QED) is 0.821. The molecule has 0 saturated heterocycles. The summed E-state index contributed by atoms with van der Waals surface area (Å²) in [4.78, 5) is 4.23. The Morgan fingerprint density at radius 3 is 2.52 bits per heavy atom. The monoisotopic (exact) mass is 286 g/mol. The molecule has 1 atom stereocenters. The van der Waals surface area contributed by atoms with Crippen LogP contribution < -0.4 is 10.1 Å². The SMILES string of the molecule is CC(C)Oc1ccc(C(O)CNCc2ccccn2)cc1. The van der Waals surface area contributed by atoms with Crippen LogP contribution in [-0.2, 0) is 6.54 Å². The molecule has 0 spiro atoms. The van der Waals surface area contributed by atoms with Crippen molar-refractivity contribution in [3.8, 4) is 5.75 Å². The van der Waals surface area contributed by atoms with Crippen molar-refractivity contribution in [1.29, 1.82) is 0 Å². The predicted molar refractivity (Wildman–Crippen MR) is 83.1 cm³/mol. The standard InChI is InChI=1S/C17H22N2O2/c1-13(2)21-16-8-6-14(7-9-16)17(20)12-18-11-15-5-3-4-10-19-15/h3-10,13,17-18,20H,11-12H2,1-2H3. The fourth-order valence-corrected chi connectivity index (χ4v) is 2.00. The smallest absolute Gasteiger partial charge is 0.119 e. The minimum atomic E-state index is -0.540. The Hall–Kier alpha value is -1.91. The van der Waals surface area contributed by atoms with Gasteiger partial charge < -0.3 is 15.2 Å². The van der Waals surface area contributed by atoms with Gasteiger partial charge in [0.2, 0.25) is 0 Å². The molecule has 0 aliphatic carbocycles. The zero-order valence-corrected chi connectivity index (χ0v) is 12.5. The molecule has 2 aromatic rings. The first kappa shape index (κ1) is 15.5. The summed E-state index contributed by atoms with van der Waals surface area (Å²) in [5.41, 5.74) is 1.84. The zero-order chi connectivity index (χ0) is 15.1. The summed E-state index contributed by atoms with van der Waals surface area (Å²) in [5, 5.41) is 13.4. The Morgan fingerprint density at radius 2 is 1.90 bits per heavy atom. The van der Waals surface area contributed by atoms with E-state index in [-0.39, 0.29) is 6.10 Å². The number of rotatable bonds is 7. The van der Waals surface area contributed by atoms with E-state index in [4.69, 9.17) is 4.74 Å². The summed E-state index contributed by atoms with van der Waals surface area (Å²) >= 11 is 0. The molecule has 0 aliphatic heterocycles. The molecule has 0 amide bonds. The van der Waals surface area contributed by atoms with Crippen LogP contribution in [0.5, 0.6) is 5.75 Å². The number of nitrogens with one attached hydrogen (secondary N) is 1. The van der Waals surface area contributed by atoms with E-state index in [1.165, 1.54) is 0 Å². The van der Waals surface area contributed by atoms with Crippen molar-refractivity contribution in [3.63, 3.8) is 0 Å². The summed E-state index contributed by atoms with van der Waals surface area (Å²) in [7, 11) is 0. The van der Waals surface area contributed by atoms with Crippen molar-refractivity contribution in [1.82, 2.24) is 10.3 Å². The Bertz CT molecular complexity index is 526. The molecule has 0 saturated carbocycles. The summed E-state index contributed by atoms with van der Waals surface area (Å²) in [6, 6.07) is 13.4. The maximum Gasteiger partial charge on any atom is 0.119 e. The first-order valence-electron chi connectivity index (χ1n) is 7.20. The van der Waals surface area contributed by atoms with Crippen molar-refractivity contribution < 1.29 is 9.84 Å². The third kappa shape index (κ3) is 5.17. The highest BCUT2D eigenvalue weighted by molar-refractivity contribution is 5.28. The van der Waals surface area contributed by atoms with E-state index in [2.05, 4.69) is 10.3 Å². The van der Waals surface area contributed by atoms with Gasteiger partial charge in [0.15, 0.2) is 0 Å². The van der Waals surface area contributed by atoms with Gasteiger partial charge in [-0.25, -0.2) is 0 Å². The van der Waals surface area contributed by atoms with E-state index in [1.807, 2.05) is 56.3 Å². The van der Waals surface area contributed by atoms with Crippen LogP contribution in [0.15, 0.2) is 48.7 Å². The highest BCUT2D eigenvalue weighted by atomic mass is 16.5. The van der Waals surface area contributed by atoms with Gasteiger partial charge in [-0.05, 0) is 43.7 Å². The molecule has 1 unspecified atom stereocenters. The van der Waals surface area contributed by atoms with E-state index >= 15 is 0 Å².